The third-order valence-corrected chi connectivity index (χ3v) is 4.17. The van der Waals surface area contributed by atoms with Crippen LogP contribution in [-0.2, 0) is 6.54 Å². The van der Waals surface area contributed by atoms with Gasteiger partial charge in [-0.2, -0.15) is 5.10 Å². The predicted molar refractivity (Wildman–Crippen MR) is 70.9 cm³/mol. The number of rotatable bonds is 3. The molecule has 1 heterocycles. The molecule has 106 valence electrons. The molecule has 0 amide bonds. The van der Waals surface area contributed by atoms with Crippen LogP contribution in [0.25, 0.3) is 0 Å². The minimum atomic E-state index is -0.774. The average Bonchev–Trinajstić information content (AvgIpc) is 2.58. The predicted octanol–water partition coefficient (Wildman–Crippen LogP) is 2.35. The van der Waals surface area contributed by atoms with E-state index in [2.05, 4.69) is 12.0 Å². The molecule has 0 saturated heterocycles. The molecule has 0 spiro atoms. The topological polar surface area (TPSA) is 81.2 Å². The summed E-state index contributed by atoms with van der Waals surface area (Å²) in [6.45, 7) is 5.86. The highest BCUT2D eigenvalue weighted by Gasteiger charge is 2.34. The van der Waals surface area contributed by atoms with Gasteiger partial charge in [-0.25, -0.2) is 0 Å². The van der Waals surface area contributed by atoms with E-state index in [0.717, 1.165) is 25.7 Å². The number of aliphatic hydroxyl groups is 1. The van der Waals surface area contributed by atoms with Crippen LogP contribution >= 0.6 is 0 Å². The maximum absolute atomic E-state index is 11.0. The molecule has 0 aliphatic heterocycles. The molecule has 19 heavy (non-hydrogen) atoms. The molecule has 1 aliphatic rings. The van der Waals surface area contributed by atoms with Crippen LogP contribution in [0.3, 0.4) is 0 Å². The number of nitrogens with zero attached hydrogens (tertiary/aromatic N) is 3. The first-order chi connectivity index (χ1) is 8.82. The first kappa shape index (κ1) is 14.0. The second kappa shape index (κ2) is 4.92. The van der Waals surface area contributed by atoms with Gasteiger partial charge in [0, 0.05) is 0 Å². The summed E-state index contributed by atoms with van der Waals surface area (Å²) in [6, 6.07) is 0. The van der Waals surface area contributed by atoms with Gasteiger partial charge in [0.1, 0.15) is 11.4 Å². The quantitative estimate of drug-likeness (QED) is 0.673. The fourth-order valence-electron chi connectivity index (χ4n) is 2.84. The number of hydrogen-bond donors (Lipinski definition) is 1. The van der Waals surface area contributed by atoms with E-state index in [1.165, 1.54) is 0 Å². The lowest BCUT2D eigenvalue weighted by Gasteiger charge is -2.34. The van der Waals surface area contributed by atoms with Crippen LogP contribution in [0.2, 0.25) is 0 Å². The molecule has 1 aliphatic carbocycles. The Labute approximate surface area is 112 Å². The summed E-state index contributed by atoms with van der Waals surface area (Å²) in [7, 11) is 0. The minimum Gasteiger partial charge on any atom is -0.388 e. The van der Waals surface area contributed by atoms with E-state index < -0.39 is 10.5 Å². The summed E-state index contributed by atoms with van der Waals surface area (Å²) in [5.41, 5.74) is 0.224. The third-order valence-electron chi connectivity index (χ3n) is 4.17. The second-order valence-electron chi connectivity index (χ2n) is 5.84. The standard InChI is InChI=1S/C13H21N3O3/c1-9-4-6-13(17,7-5-9)8-15-11(3)12(16(18)19)10(2)14-15/h9,17H,4-8H2,1-3H3. The van der Waals surface area contributed by atoms with Crippen molar-refractivity contribution in [1.29, 1.82) is 0 Å². The normalized spacial score (nSPS) is 27.5. The Hall–Kier alpha value is -1.43. The molecule has 6 heteroatoms. The second-order valence-corrected chi connectivity index (χ2v) is 5.84. The summed E-state index contributed by atoms with van der Waals surface area (Å²) >= 11 is 0. The van der Waals surface area contributed by atoms with E-state index in [9.17, 15) is 15.2 Å². The van der Waals surface area contributed by atoms with E-state index in [-0.39, 0.29) is 5.69 Å². The molecule has 1 N–H and O–H groups in total. The lowest BCUT2D eigenvalue weighted by Crippen LogP contribution is -2.38. The van der Waals surface area contributed by atoms with Crippen molar-refractivity contribution in [3.05, 3.63) is 21.5 Å². The summed E-state index contributed by atoms with van der Waals surface area (Å²) < 4.78 is 1.59. The van der Waals surface area contributed by atoms with E-state index in [1.807, 2.05) is 0 Å². The van der Waals surface area contributed by atoms with Crippen molar-refractivity contribution in [2.45, 2.75) is 58.6 Å². The molecular weight excluding hydrogens is 246 g/mol. The van der Waals surface area contributed by atoms with Gasteiger partial charge in [-0.05, 0) is 45.4 Å². The third kappa shape index (κ3) is 2.78. The molecule has 6 nitrogen and oxygen atoms in total. The zero-order chi connectivity index (χ0) is 14.2. The summed E-state index contributed by atoms with van der Waals surface area (Å²) in [5.74, 6) is 0.648. The summed E-state index contributed by atoms with van der Waals surface area (Å²) in [6.07, 6.45) is 3.47. The molecule has 1 aromatic heterocycles. The summed E-state index contributed by atoms with van der Waals surface area (Å²) in [5, 5.41) is 25.7. The zero-order valence-corrected chi connectivity index (χ0v) is 11.7. The number of aryl methyl sites for hydroxylation is 1. The largest absolute Gasteiger partial charge is 0.388 e. The van der Waals surface area contributed by atoms with Crippen LogP contribution < -0.4 is 0 Å². The Balaban J connectivity index is 2.20. The fourth-order valence-corrected chi connectivity index (χ4v) is 2.84. The highest BCUT2D eigenvalue weighted by Crippen LogP contribution is 2.34. The van der Waals surface area contributed by atoms with Crippen molar-refractivity contribution in [2.75, 3.05) is 0 Å². The number of hydrogen-bond acceptors (Lipinski definition) is 4. The van der Waals surface area contributed by atoms with Crippen LogP contribution in [0.1, 0.15) is 44.0 Å². The molecule has 0 bridgehead atoms. The maximum Gasteiger partial charge on any atom is 0.312 e. The number of aromatic nitrogens is 2. The van der Waals surface area contributed by atoms with Crippen molar-refractivity contribution in [2.24, 2.45) is 5.92 Å². The fraction of sp³-hybridized carbons (Fsp3) is 0.769. The molecule has 1 aromatic rings. The highest BCUT2D eigenvalue weighted by atomic mass is 16.6. The minimum absolute atomic E-state index is 0.0628. The smallest absolute Gasteiger partial charge is 0.312 e. The van der Waals surface area contributed by atoms with Crippen molar-refractivity contribution in [3.8, 4) is 0 Å². The Kier molecular flexibility index (Phi) is 3.62. The van der Waals surface area contributed by atoms with Crippen LogP contribution in [0.4, 0.5) is 5.69 Å². The first-order valence-corrected chi connectivity index (χ1v) is 6.73. The molecule has 2 rings (SSSR count). The highest BCUT2D eigenvalue weighted by molar-refractivity contribution is 5.39. The monoisotopic (exact) mass is 267 g/mol. The van der Waals surface area contributed by atoms with Crippen LogP contribution in [0.5, 0.6) is 0 Å². The molecule has 0 atom stereocenters. The Morgan fingerprint density at radius 1 is 1.47 bits per heavy atom. The van der Waals surface area contributed by atoms with Crippen molar-refractivity contribution >= 4 is 5.69 Å². The maximum atomic E-state index is 11.0. The molecular formula is C13H21N3O3. The lowest BCUT2D eigenvalue weighted by molar-refractivity contribution is -0.386. The molecule has 1 saturated carbocycles. The summed E-state index contributed by atoms with van der Waals surface area (Å²) in [4.78, 5) is 10.6. The van der Waals surface area contributed by atoms with Gasteiger partial charge < -0.3 is 5.11 Å². The lowest BCUT2D eigenvalue weighted by atomic mass is 9.79. The van der Waals surface area contributed by atoms with Gasteiger partial charge in [0.2, 0.25) is 0 Å². The molecule has 0 radical (unpaired) electrons. The van der Waals surface area contributed by atoms with Gasteiger partial charge in [0.05, 0.1) is 17.1 Å². The van der Waals surface area contributed by atoms with Crippen LogP contribution in [-0.4, -0.2) is 25.4 Å². The van der Waals surface area contributed by atoms with Crippen molar-refractivity contribution in [3.63, 3.8) is 0 Å². The Morgan fingerprint density at radius 2 is 2.05 bits per heavy atom. The van der Waals surface area contributed by atoms with E-state index in [4.69, 9.17) is 0 Å². The van der Waals surface area contributed by atoms with Gasteiger partial charge in [0.25, 0.3) is 0 Å². The van der Waals surface area contributed by atoms with E-state index in [0.29, 0.717) is 23.9 Å². The van der Waals surface area contributed by atoms with E-state index >= 15 is 0 Å². The Bertz CT molecular complexity index is 488. The SMILES string of the molecule is Cc1nn(CC2(O)CCC(C)CC2)c(C)c1[N+](=O)[O-]. The van der Waals surface area contributed by atoms with Crippen LogP contribution in [0.15, 0.2) is 0 Å². The average molecular weight is 267 g/mol. The number of nitro groups is 1. The molecule has 1 fully saturated rings. The molecule has 0 unspecified atom stereocenters. The van der Waals surface area contributed by atoms with E-state index in [1.54, 1.807) is 18.5 Å². The van der Waals surface area contributed by atoms with Gasteiger partial charge in [-0.1, -0.05) is 6.92 Å². The van der Waals surface area contributed by atoms with Gasteiger partial charge in [-0.3, -0.25) is 14.8 Å². The van der Waals surface area contributed by atoms with Crippen molar-refractivity contribution in [1.82, 2.24) is 9.78 Å². The van der Waals surface area contributed by atoms with Crippen LogP contribution in [0, 0.1) is 29.9 Å². The van der Waals surface area contributed by atoms with Gasteiger partial charge >= 0.3 is 5.69 Å². The first-order valence-electron chi connectivity index (χ1n) is 6.73. The molecule has 0 aromatic carbocycles. The van der Waals surface area contributed by atoms with Gasteiger partial charge in [0.15, 0.2) is 0 Å². The van der Waals surface area contributed by atoms with Gasteiger partial charge in [-0.15, -0.1) is 0 Å². The van der Waals surface area contributed by atoms with Crippen molar-refractivity contribution < 1.29 is 10.0 Å². The zero-order valence-electron chi connectivity index (χ0n) is 11.7. The Morgan fingerprint density at radius 3 is 2.53 bits per heavy atom.